The van der Waals surface area contributed by atoms with Gasteiger partial charge in [-0.05, 0) is 57.5 Å². The van der Waals surface area contributed by atoms with Gasteiger partial charge in [-0.15, -0.1) is 0 Å². The summed E-state index contributed by atoms with van der Waals surface area (Å²) in [6.07, 6.45) is 1.69. The number of fused-ring (bicyclic) bond motifs is 1. The molecule has 0 spiro atoms. The molecule has 1 aromatic carbocycles. The average Bonchev–Trinajstić information content (AvgIpc) is 3.35. The maximum absolute atomic E-state index is 13.5. The van der Waals surface area contributed by atoms with Crippen molar-refractivity contribution in [3.05, 3.63) is 65.2 Å². The topological polar surface area (TPSA) is 93.3 Å². The van der Waals surface area contributed by atoms with E-state index in [0.29, 0.717) is 34.5 Å². The fourth-order valence-corrected chi connectivity index (χ4v) is 3.94. The number of rotatable bonds is 6. The Hall–Kier alpha value is -3.94. The van der Waals surface area contributed by atoms with Crippen molar-refractivity contribution in [2.45, 2.75) is 47.2 Å². The summed E-state index contributed by atoms with van der Waals surface area (Å²) in [5.41, 5.74) is 4.21. The molecule has 8 nitrogen and oxygen atoms in total. The van der Waals surface area contributed by atoms with Gasteiger partial charge in [0.1, 0.15) is 11.5 Å². The predicted octanol–water partition coefficient (Wildman–Crippen LogP) is 5.12. The van der Waals surface area contributed by atoms with Gasteiger partial charge in [-0.25, -0.2) is 9.67 Å². The number of nitrogens with zero attached hydrogens (tertiary/aromatic N) is 4. The van der Waals surface area contributed by atoms with E-state index in [2.05, 4.69) is 10.4 Å². The van der Waals surface area contributed by atoms with Crippen molar-refractivity contribution < 1.29 is 14.0 Å². The summed E-state index contributed by atoms with van der Waals surface area (Å²) in [5.74, 6) is 1.25. The lowest BCUT2D eigenvalue weighted by Crippen LogP contribution is -2.23. The number of amides is 2. The van der Waals surface area contributed by atoms with Gasteiger partial charge >= 0.3 is 0 Å². The van der Waals surface area contributed by atoms with Crippen LogP contribution in [-0.4, -0.2) is 38.5 Å². The zero-order valence-electron chi connectivity index (χ0n) is 20.3. The van der Waals surface area contributed by atoms with E-state index < -0.39 is 0 Å². The Labute approximate surface area is 198 Å². The molecule has 1 N–H and O–H groups in total. The number of furan rings is 1. The van der Waals surface area contributed by atoms with Crippen LogP contribution in [0, 0.1) is 13.8 Å². The first-order valence-electron chi connectivity index (χ1n) is 11.2. The number of hydrogen-bond donors (Lipinski definition) is 1. The third-order valence-electron chi connectivity index (χ3n) is 5.76. The molecule has 0 aliphatic rings. The van der Waals surface area contributed by atoms with Crippen molar-refractivity contribution in [1.82, 2.24) is 19.7 Å². The molecule has 176 valence electrons. The van der Waals surface area contributed by atoms with Gasteiger partial charge in [0.15, 0.2) is 5.65 Å². The summed E-state index contributed by atoms with van der Waals surface area (Å²) in [5, 5.41) is 8.16. The zero-order chi connectivity index (χ0) is 24.6. The van der Waals surface area contributed by atoms with Crippen LogP contribution in [0.4, 0.5) is 5.69 Å². The fourth-order valence-electron chi connectivity index (χ4n) is 3.94. The van der Waals surface area contributed by atoms with Crippen molar-refractivity contribution in [3.63, 3.8) is 0 Å². The summed E-state index contributed by atoms with van der Waals surface area (Å²) in [7, 11) is 1.74. The van der Waals surface area contributed by atoms with Gasteiger partial charge in [-0.3, -0.25) is 9.59 Å². The van der Waals surface area contributed by atoms with E-state index in [1.807, 2.05) is 62.7 Å². The number of benzene rings is 1. The second-order valence-corrected chi connectivity index (χ2v) is 8.83. The number of aromatic nitrogens is 3. The third kappa shape index (κ3) is 4.57. The molecular formula is C26H29N5O3. The first-order valence-corrected chi connectivity index (χ1v) is 11.2. The second-order valence-electron chi connectivity index (χ2n) is 8.83. The van der Waals surface area contributed by atoms with Gasteiger partial charge in [0, 0.05) is 37.8 Å². The second kappa shape index (κ2) is 9.13. The highest BCUT2D eigenvalue weighted by Crippen LogP contribution is 2.30. The highest BCUT2D eigenvalue weighted by Gasteiger charge is 2.20. The molecule has 0 aliphatic heterocycles. The molecule has 0 fully saturated rings. The zero-order valence-corrected chi connectivity index (χ0v) is 20.3. The molecule has 0 radical (unpaired) electrons. The van der Waals surface area contributed by atoms with Gasteiger partial charge in [-0.2, -0.15) is 5.10 Å². The maximum atomic E-state index is 13.5. The van der Waals surface area contributed by atoms with E-state index in [9.17, 15) is 9.59 Å². The number of pyridine rings is 1. The lowest BCUT2D eigenvalue weighted by molar-refractivity contribution is -0.128. The fraction of sp³-hybridized carbons (Fsp3) is 0.308. The number of hydrogen-bond acceptors (Lipinski definition) is 5. The Morgan fingerprint density at radius 2 is 1.94 bits per heavy atom. The van der Waals surface area contributed by atoms with Crippen molar-refractivity contribution >= 4 is 28.5 Å². The van der Waals surface area contributed by atoms with Crippen molar-refractivity contribution in [2.75, 3.05) is 12.4 Å². The Balaban J connectivity index is 1.74. The Bertz CT molecular complexity index is 1380. The van der Waals surface area contributed by atoms with Gasteiger partial charge in [0.2, 0.25) is 5.91 Å². The molecule has 34 heavy (non-hydrogen) atoms. The first-order chi connectivity index (χ1) is 16.1. The van der Waals surface area contributed by atoms with Crippen LogP contribution in [0.1, 0.15) is 54.3 Å². The smallest absolute Gasteiger partial charge is 0.256 e. The minimum Gasteiger partial charge on any atom is -0.466 e. The summed E-state index contributed by atoms with van der Waals surface area (Å²) in [6.45, 7) is 9.81. The highest BCUT2D eigenvalue weighted by atomic mass is 16.3. The molecule has 3 aromatic heterocycles. The quantitative estimate of drug-likeness (QED) is 0.432. The molecule has 0 bridgehead atoms. The molecular weight excluding hydrogens is 430 g/mol. The van der Waals surface area contributed by atoms with Gasteiger partial charge in [0.05, 0.1) is 22.8 Å². The molecule has 0 aliphatic carbocycles. The average molecular weight is 460 g/mol. The summed E-state index contributed by atoms with van der Waals surface area (Å²) >= 11 is 0. The van der Waals surface area contributed by atoms with Crippen LogP contribution in [-0.2, 0) is 11.3 Å². The summed E-state index contributed by atoms with van der Waals surface area (Å²) < 4.78 is 7.52. The third-order valence-corrected chi connectivity index (χ3v) is 5.76. The van der Waals surface area contributed by atoms with Gasteiger partial charge in [-0.1, -0.05) is 12.1 Å². The number of aryl methyl sites for hydroxylation is 2. The number of carbonyl (C=O) groups is 2. The summed E-state index contributed by atoms with van der Waals surface area (Å²) in [4.78, 5) is 31.5. The van der Waals surface area contributed by atoms with Crippen molar-refractivity contribution in [1.29, 1.82) is 0 Å². The van der Waals surface area contributed by atoms with Crippen LogP contribution in [0.3, 0.4) is 0 Å². The first kappa shape index (κ1) is 23.2. The summed E-state index contributed by atoms with van der Waals surface area (Å²) in [6, 6.07) is 11.3. The van der Waals surface area contributed by atoms with Crippen molar-refractivity contribution in [3.8, 4) is 11.3 Å². The van der Waals surface area contributed by atoms with Crippen molar-refractivity contribution in [2.24, 2.45) is 0 Å². The Kier molecular flexibility index (Phi) is 6.24. The Morgan fingerprint density at radius 1 is 1.18 bits per heavy atom. The molecule has 3 heterocycles. The predicted molar refractivity (Wildman–Crippen MR) is 132 cm³/mol. The minimum absolute atomic E-state index is 0.0203. The number of carbonyl (C=O) groups excluding carboxylic acids is 2. The highest BCUT2D eigenvalue weighted by molar-refractivity contribution is 6.12. The van der Waals surface area contributed by atoms with E-state index in [4.69, 9.17) is 9.40 Å². The van der Waals surface area contributed by atoms with Crippen LogP contribution >= 0.6 is 0 Å². The molecule has 0 unspecified atom stereocenters. The number of anilines is 1. The molecule has 0 saturated carbocycles. The van der Waals surface area contributed by atoms with Gasteiger partial charge in [0.25, 0.3) is 5.91 Å². The van der Waals surface area contributed by atoms with E-state index in [1.165, 1.54) is 6.92 Å². The van der Waals surface area contributed by atoms with E-state index in [0.717, 1.165) is 22.6 Å². The monoisotopic (exact) mass is 459 g/mol. The van der Waals surface area contributed by atoms with Crippen LogP contribution < -0.4 is 5.32 Å². The van der Waals surface area contributed by atoms with Crippen LogP contribution in [0.2, 0.25) is 0 Å². The maximum Gasteiger partial charge on any atom is 0.256 e. The lowest BCUT2D eigenvalue weighted by Gasteiger charge is -2.15. The molecule has 4 rings (SSSR count). The van der Waals surface area contributed by atoms with E-state index in [1.54, 1.807) is 24.2 Å². The SMILES string of the molecule is CC(=O)N(C)Cc1cccc(NC(=O)c2cc(-c3cc(C)oc3C)nc3c2cnn3C(C)C)c1. The molecule has 0 saturated heterocycles. The molecule has 0 atom stereocenters. The van der Waals surface area contributed by atoms with Crippen LogP contribution in [0.15, 0.2) is 47.0 Å². The van der Waals surface area contributed by atoms with Crippen LogP contribution in [0.5, 0.6) is 0 Å². The molecule has 8 heteroatoms. The Morgan fingerprint density at radius 3 is 2.59 bits per heavy atom. The molecule has 4 aromatic rings. The largest absolute Gasteiger partial charge is 0.466 e. The molecule has 2 amide bonds. The minimum atomic E-state index is -0.258. The van der Waals surface area contributed by atoms with E-state index >= 15 is 0 Å². The standard InChI is InChI=1S/C26H29N5O3/c1-15(2)31-25-23(13-27-31)22(12-24(29-25)21-10-16(3)34-17(21)4)26(33)28-20-9-7-8-19(11-20)14-30(6)18(5)32/h7-13,15H,14H2,1-6H3,(H,28,33). The van der Waals surface area contributed by atoms with Crippen LogP contribution in [0.25, 0.3) is 22.3 Å². The number of nitrogens with one attached hydrogen (secondary N) is 1. The normalized spacial score (nSPS) is 11.3. The van der Waals surface area contributed by atoms with E-state index in [-0.39, 0.29) is 17.9 Å². The lowest BCUT2D eigenvalue weighted by atomic mass is 10.1. The van der Waals surface area contributed by atoms with Gasteiger partial charge < -0.3 is 14.6 Å².